The zero-order valence-electron chi connectivity index (χ0n) is 15.3. The summed E-state index contributed by atoms with van der Waals surface area (Å²) in [4.78, 5) is 25.1. The molecular formula is C17H20BN2O7P. The van der Waals surface area contributed by atoms with Crippen LogP contribution in [0.3, 0.4) is 0 Å². The molecule has 1 saturated heterocycles. The molecular weight excluding hydrogens is 386 g/mol. The first-order valence-corrected chi connectivity index (χ1v) is 10.2. The molecule has 148 valence electrons. The summed E-state index contributed by atoms with van der Waals surface area (Å²) in [7, 11) is 0.798. The van der Waals surface area contributed by atoms with E-state index in [9.17, 15) is 14.2 Å². The number of phosphoric acid groups is 1. The summed E-state index contributed by atoms with van der Waals surface area (Å²) in [6, 6.07) is 8.41. The van der Waals surface area contributed by atoms with Crippen LogP contribution in [-0.2, 0) is 25.0 Å². The van der Waals surface area contributed by atoms with Crippen LogP contribution in [0.1, 0.15) is 24.6 Å². The van der Waals surface area contributed by atoms with E-state index < -0.39 is 25.3 Å². The van der Waals surface area contributed by atoms with E-state index in [1.165, 1.54) is 23.7 Å². The smallest absolute Gasteiger partial charge is 0.404 e. The summed E-state index contributed by atoms with van der Waals surface area (Å²) in [5.41, 5.74) is -0.196. The lowest BCUT2D eigenvalue weighted by Crippen LogP contribution is -2.31. The second-order valence-electron chi connectivity index (χ2n) is 6.02. The van der Waals surface area contributed by atoms with Crippen LogP contribution in [0.15, 0.2) is 46.1 Å². The van der Waals surface area contributed by atoms with Gasteiger partial charge >= 0.3 is 13.5 Å². The van der Waals surface area contributed by atoms with Crippen molar-refractivity contribution in [1.29, 1.82) is 0 Å². The molecule has 2 aromatic rings. The van der Waals surface area contributed by atoms with Gasteiger partial charge in [0.2, 0.25) is 0 Å². The van der Waals surface area contributed by atoms with Crippen LogP contribution in [0.4, 0.5) is 0 Å². The lowest BCUT2D eigenvalue weighted by Gasteiger charge is -2.25. The molecule has 0 bridgehead atoms. The Morgan fingerprint density at radius 3 is 2.82 bits per heavy atom. The molecule has 1 fully saturated rings. The Hall–Kier alpha value is -2.13. The molecule has 11 heteroatoms. The molecule has 2 aliphatic rings. The lowest BCUT2D eigenvalue weighted by molar-refractivity contribution is -0.0264. The van der Waals surface area contributed by atoms with E-state index in [-0.39, 0.29) is 19.3 Å². The van der Waals surface area contributed by atoms with Crippen LogP contribution >= 0.6 is 7.82 Å². The highest BCUT2D eigenvalue weighted by molar-refractivity contribution is 7.49. The first kappa shape index (κ1) is 20.6. The molecule has 3 unspecified atom stereocenters. The second kappa shape index (κ2) is 8.92. The predicted octanol–water partition coefficient (Wildman–Crippen LogP) is 2.15. The SMILES string of the molecule is O=c1ccn(C2CCC(COP3(=O)OCc4ccccc4O3)O2)c(=O)[nH]1.[B]C. The van der Waals surface area contributed by atoms with Crippen molar-refractivity contribution in [3.05, 3.63) is 62.9 Å². The third kappa shape index (κ3) is 4.64. The number of aromatic nitrogens is 2. The minimum Gasteiger partial charge on any atom is -0.404 e. The van der Waals surface area contributed by atoms with Gasteiger partial charge in [-0.1, -0.05) is 25.0 Å². The number of hydrogen-bond donors (Lipinski definition) is 1. The maximum absolute atomic E-state index is 12.6. The van der Waals surface area contributed by atoms with Gasteiger partial charge in [-0.05, 0) is 18.9 Å². The fraction of sp³-hybridized carbons (Fsp3) is 0.412. The molecule has 0 spiro atoms. The number of H-pyrrole nitrogens is 1. The summed E-state index contributed by atoms with van der Waals surface area (Å²) in [5, 5.41) is 0. The Balaban J connectivity index is 0.00000109. The number of rotatable bonds is 4. The van der Waals surface area contributed by atoms with E-state index in [1.807, 2.05) is 12.1 Å². The largest absolute Gasteiger partial charge is 0.530 e. The number of ether oxygens (including phenoxy) is 1. The Bertz CT molecular complexity index is 976. The van der Waals surface area contributed by atoms with Crippen molar-refractivity contribution in [3.8, 4) is 5.75 Å². The maximum Gasteiger partial charge on any atom is 0.530 e. The van der Waals surface area contributed by atoms with Crippen molar-refractivity contribution in [1.82, 2.24) is 9.55 Å². The molecule has 1 aromatic carbocycles. The van der Waals surface area contributed by atoms with Gasteiger partial charge in [-0.2, -0.15) is 0 Å². The molecule has 4 rings (SSSR count). The van der Waals surface area contributed by atoms with Gasteiger partial charge in [0.05, 0.1) is 27.2 Å². The predicted molar refractivity (Wildman–Crippen MR) is 102 cm³/mol. The first-order chi connectivity index (χ1) is 13.5. The summed E-state index contributed by atoms with van der Waals surface area (Å²) >= 11 is 0. The third-order valence-corrected chi connectivity index (χ3v) is 5.56. The Labute approximate surface area is 162 Å². The molecule has 0 aliphatic carbocycles. The maximum atomic E-state index is 12.6. The molecule has 1 aromatic heterocycles. The standard InChI is InChI=1S/C16H17N2O7P.CH3B/c19-14-7-8-18(16(20)17-14)15-6-5-12(24-15)10-23-26(21)22-9-11-3-1-2-4-13(11)25-26;1-2/h1-4,7-8,12,15H,5-6,9-10H2,(H,17,19,20);1H3. The molecule has 28 heavy (non-hydrogen) atoms. The summed E-state index contributed by atoms with van der Waals surface area (Å²) in [5.74, 6) is 0.479. The van der Waals surface area contributed by atoms with Crippen LogP contribution in [0.2, 0.25) is 6.82 Å². The average Bonchev–Trinajstić information content (AvgIpc) is 3.17. The summed E-state index contributed by atoms with van der Waals surface area (Å²) in [6.07, 6.45) is 1.68. The van der Waals surface area contributed by atoms with Crippen molar-refractivity contribution in [2.24, 2.45) is 0 Å². The van der Waals surface area contributed by atoms with E-state index in [2.05, 4.69) is 12.8 Å². The van der Waals surface area contributed by atoms with Crippen molar-refractivity contribution in [2.45, 2.75) is 38.6 Å². The normalized spacial score (nSPS) is 25.9. The zero-order valence-corrected chi connectivity index (χ0v) is 16.2. The number of benzene rings is 1. The van der Waals surface area contributed by atoms with Crippen molar-refractivity contribution in [3.63, 3.8) is 0 Å². The number of aromatic amines is 1. The van der Waals surface area contributed by atoms with E-state index in [1.54, 1.807) is 12.1 Å². The minimum absolute atomic E-state index is 0.00798. The number of phosphoric ester groups is 1. The zero-order chi connectivity index (χ0) is 20.1. The Morgan fingerprint density at radius 2 is 2.04 bits per heavy atom. The number of hydrogen-bond acceptors (Lipinski definition) is 7. The Kier molecular flexibility index (Phi) is 6.56. The quantitative estimate of drug-likeness (QED) is 0.612. The van der Waals surface area contributed by atoms with Crippen molar-refractivity contribution < 1.29 is 22.9 Å². The average molecular weight is 406 g/mol. The molecule has 1 N–H and O–H groups in total. The highest BCUT2D eigenvalue weighted by Gasteiger charge is 2.36. The van der Waals surface area contributed by atoms with Gasteiger partial charge in [-0.3, -0.25) is 23.4 Å². The van der Waals surface area contributed by atoms with Gasteiger partial charge in [0.15, 0.2) is 0 Å². The number of para-hydroxylation sites is 1. The lowest BCUT2D eigenvalue weighted by atomic mass is 10.2. The van der Waals surface area contributed by atoms with Crippen LogP contribution in [0.25, 0.3) is 0 Å². The summed E-state index contributed by atoms with van der Waals surface area (Å²) in [6.45, 7) is 1.66. The van der Waals surface area contributed by atoms with Crippen molar-refractivity contribution in [2.75, 3.05) is 6.61 Å². The molecule has 3 atom stereocenters. The van der Waals surface area contributed by atoms with Crippen LogP contribution in [0.5, 0.6) is 5.75 Å². The van der Waals surface area contributed by atoms with E-state index in [4.69, 9.17) is 18.3 Å². The number of fused-ring (bicyclic) bond motifs is 1. The highest BCUT2D eigenvalue weighted by atomic mass is 31.2. The van der Waals surface area contributed by atoms with E-state index in [0.717, 1.165) is 5.56 Å². The van der Waals surface area contributed by atoms with Crippen LogP contribution in [0, 0.1) is 0 Å². The molecule has 2 radical (unpaired) electrons. The highest BCUT2D eigenvalue weighted by Crippen LogP contribution is 2.54. The second-order valence-corrected chi connectivity index (χ2v) is 7.62. The fourth-order valence-corrected chi connectivity index (χ4v) is 4.16. The Morgan fingerprint density at radius 1 is 1.25 bits per heavy atom. The van der Waals surface area contributed by atoms with E-state index >= 15 is 0 Å². The molecule has 2 aliphatic heterocycles. The van der Waals surface area contributed by atoms with Crippen molar-refractivity contribution >= 4 is 15.7 Å². The summed E-state index contributed by atoms with van der Waals surface area (Å²) < 4.78 is 35.7. The van der Waals surface area contributed by atoms with Crippen LogP contribution in [-0.4, -0.2) is 30.1 Å². The molecule has 0 saturated carbocycles. The van der Waals surface area contributed by atoms with Gasteiger partial charge in [0, 0.05) is 17.8 Å². The monoisotopic (exact) mass is 406 g/mol. The van der Waals surface area contributed by atoms with Gasteiger partial charge in [-0.15, -0.1) is 0 Å². The van der Waals surface area contributed by atoms with Gasteiger partial charge in [-0.25, -0.2) is 9.36 Å². The topological polar surface area (TPSA) is 109 Å². The molecule has 0 amide bonds. The fourth-order valence-electron chi connectivity index (χ4n) is 2.91. The van der Waals surface area contributed by atoms with Gasteiger partial charge < -0.3 is 9.26 Å². The van der Waals surface area contributed by atoms with Gasteiger partial charge in [0.25, 0.3) is 5.56 Å². The third-order valence-electron chi connectivity index (χ3n) is 4.23. The number of nitrogens with zero attached hydrogens (tertiary/aromatic N) is 1. The van der Waals surface area contributed by atoms with E-state index in [0.29, 0.717) is 18.6 Å². The molecule has 9 nitrogen and oxygen atoms in total. The molecule has 3 heterocycles. The first-order valence-electron chi connectivity index (χ1n) is 8.74. The number of nitrogens with one attached hydrogen (secondary N) is 1. The van der Waals surface area contributed by atoms with Gasteiger partial charge in [0.1, 0.15) is 12.0 Å². The minimum atomic E-state index is -3.70. The van der Waals surface area contributed by atoms with Crippen LogP contribution < -0.4 is 15.8 Å².